The van der Waals surface area contributed by atoms with Gasteiger partial charge in [0.15, 0.2) is 0 Å². The van der Waals surface area contributed by atoms with Crippen molar-refractivity contribution in [3.8, 4) is 0 Å². The summed E-state index contributed by atoms with van der Waals surface area (Å²) in [4.78, 5) is 0. The van der Waals surface area contributed by atoms with Gasteiger partial charge in [-0.15, -0.1) is 11.6 Å². The van der Waals surface area contributed by atoms with E-state index in [1.165, 1.54) is 0 Å². The Bertz CT molecular complexity index is 61.5. The molecule has 0 aliphatic carbocycles. The van der Waals surface area contributed by atoms with Gasteiger partial charge in [0.1, 0.15) is 0 Å². The van der Waals surface area contributed by atoms with Crippen molar-refractivity contribution < 1.29 is 4.74 Å². The monoisotopic (exact) mass is 133 g/mol. The Morgan fingerprint density at radius 1 is 1.50 bits per heavy atom. The van der Waals surface area contributed by atoms with E-state index in [1.807, 2.05) is 12.2 Å². The number of rotatable bonds is 4. The smallest absolute Gasteiger partial charge is 0.0647 e. The lowest BCUT2D eigenvalue weighted by Gasteiger charge is -1.90. The Hall–Kier alpha value is -0.0100. The number of alkyl halides is 1. The van der Waals surface area contributed by atoms with Gasteiger partial charge in [0.05, 0.1) is 6.61 Å². The van der Waals surface area contributed by atoms with Crippen LogP contribution < -0.4 is 0 Å². The van der Waals surface area contributed by atoms with Crippen LogP contribution in [-0.4, -0.2) is 19.1 Å². The minimum atomic E-state index is 0.520. The first-order chi connectivity index (χ1) is 3.91. The molecule has 0 rings (SSSR count). The van der Waals surface area contributed by atoms with Crippen LogP contribution in [0.2, 0.25) is 0 Å². The molecule has 0 aliphatic heterocycles. The van der Waals surface area contributed by atoms with Gasteiger partial charge in [0.2, 0.25) is 0 Å². The maximum absolute atomic E-state index is 5.32. The molecule has 0 heterocycles. The molecule has 0 aromatic rings. The minimum Gasteiger partial charge on any atom is -0.377 e. The third-order valence-corrected chi connectivity index (χ3v) is 0.792. The second-order valence-corrected chi connectivity index (χ2v) is 1.51. The van der Waals surface area contributed by atoms with Crippen molar-refractivity contribution in [2.45, 2.75) is 0 Å². The molecule has 0 bridgehead atoms. The SMILES string of the molecule is [CH2]COC/C=C/CCl. The number of allylic oxidation sites excluding steroid dienone is 1. The summed E-state index contributed by atoms with van der Waals surface area (Å²) in [5.41, 5.74) is 0. The molecule has 1 radical (unpaired) electrons. The molecule has 0 aromatic carbocycles. The van der Waals surface area contributed by atoms with Crippen molar-refractivity contribution >= 4 is 11.6 Å². The topological polar surface area (TPSA) is 9.23 Å². The summed E-state index contributed by atoms with van der Waals surface area (Å²) in [6.07, 6.45) is 3.72. The van der Waals surface area contributed by atoms with Gasteiger partial charge in [0, 0.05) is 12.5 Å². The predicted molar refractivity (Wildman–Crippen MR) is 36.0 cm³/mol. The van der Waals surface area contributed by atoms with E-state index >= 15 is 0 Å². The van der Waals surface area contributed by atoms with Gasteiger partial charge in [-0.1, -0.05) is 12.2 Å². The molecule has 47 valence electrons. The van der Waals surface area contributed by atoms with Crippen LogP contribution in [0.25, 0.3) is 0 Å². The molecule has 0 unspecified atom stereocenters. The van der Waals surface area contributed by atoms with E-state index < -0.39 is 0 Å². The molecule has 0 amide bonds. The Balaban J connectivity index is 2.80. The Labute approximate surface area is 55.3 Å². The number of hydrogen-bond acceptors (Lipinski definition) is 1. The first-order valence-electron chi connectivity index (χ1n) is 2.49. The summed E-state index contributed by atoms with van der Waals surface area (Å²) in [7, 11) is 0. The highest BCUT2D eigenvalue weighted by Crippen LogP contribution is 1.79. The zero-order valence-corrected chi connectivity index (χ0v) is 5.53. The number of halogens is 1. The van der Waals surface area contributed by atoms with Crippen molar-refractivity contribution in [2.24, 2.45) is 0 Å². The third kappa shape index (κ3) is 5.99. The van der Waals surface area contributed by atoms with Crippen LogP contribution in [-0.2, 0) is 4.74 Å². The molecule has 0 fully saturated rings. The van der Waals surface area contributed by atoms with Crippen molar-refractivity contribution in [3.63, 3.8) is 0 Å². The molecule has 0 saturated heterocycles. The average molecular weight is 134 g/mol. The van der Waals surface area contributed by atoms with E-state index in [9.17, 15) is 0 Å². The number of hydrogen-bond donors (Lipinski definition) is 0. The van der Waals surface area contributed by atoms with E-state index in [1.54, 1.807) is 0 Å². The molecule has 0 saturated carbocycles. The summed E-state index contributed by atoms with van der Waals surface area (Å²) in [6.45, 7) is 4.64. The minimum absolute atomic E-state index is 0.520. The maximum Gasteiger partial charge on any atom is 0.0647 e. The Kier molecular flexibility index (Phi) is 6.98. The van der Waals surface area contributed by atoms with Gasteiger partial charge in [-0.3, -0.25) is 0 Å². The summed E-state index contributed by atoms with van der Waals surface area (Å²) < 4.78 is 4.88. The first kappa shape index (κ1) is 7.99. The lowest BCUT2D eigenvalue weighted by Crippen LogP contribution is -1.87. The van der Waals surface area contributed by atoms with Gasteiger partial charge in [0.25, 0.3) is 0 Å². The molecular formula is C6H10ClO. The molecule has 0 atom stereocenters. The zero-order valence-electron chi connectivity index (χ0n) is 4.77. The first-order valence-corrected chi connectivity index (χ1v) is 3.03. The van der Waals surface area contributed by atoms with Crippen LogP contribution in [0.1, 0.15) is 0 Å². The predicted octanol–water partition coefficient (Wildman–Crippen LogP) is 1.63. The van der Waals surface area contributed by atoms with Gasteiger partial charge >= 0.3 is 0 Å². The fraction of sp³-hybridized carbons (Fsp3) is 0.500. The third-order valence-electron chi connectivity index (χ3n) is 0.614. The molecule has 0 N–H and O–H groups in total. The molecule has 0 spiro atoms. The molecule has 0 aliphatic rings. The van der Waals surface area contributed by atoms with E-state index in [-0.39, 0.29) is 0 Å². The fourth-order valence-corrected chi connectivity index (χ4v) is 0.408. The molecule has 8 heavy (non-hydrogen) atoms. The normalized spacial score (nSPS) is 10.8. The Morgan fingerprint density at radius 3 is 2.75 bits per heavy atom. The highest BCUT2D eigenvalue weighted by atomic mass is 35.5. The fourth-order valence-electron chi connectivity index (χ4n) is 0.282. The highest BCUT2D eigenvalue weighted by Gasteiger charge is 1.72. The Morgan fingerprint density at radius 2 is 2.25 bits per heavy atom. The summed E-state index contributed by atoms with van der Waals surface area (Å²) in [5, 5.41) is 0. The van der Waals surface area contributed by atoms with E-state index in [4.69, 9.17) is 16.3 Å². The second kappa shape index (κ2) is 6.99. The summed E-state index contributed by atoms with van der Waals surface area (Å²) >= 11 is 5.32. The average Bonchev–Trinajstić information content (AvgIpc) is 1.81. The maximum atomic E-state index is 5.32. The van der Waals surface area contributed by atoms with Gasteiger partial charge in [-0.2, -0.15) is 0 Å². The van der Waals surface area contributed by atoms with Crippen molar-refractivity contribution in [1.82, 2.24) is 0 Å². The molecule has 1 nitrogen and oxygen atoms in total. The van der Waals surface area contributed by atoms with Crippen LogP contribution in [0.15, 0.2) is 12.2 Å². The largest absolute Gasteiger partial charge is 0.377 e. The van der Waals surface area contributed by atoms with Crippen LogP contribution in [0.5, 0.6) is 0 Å². The van der Waals surface area contributed by atoms with Crippen LogP contribution in [0, 0.1) is 6.92 Å². The highest BCUT2D eigenvalue weighted by molar-refractivity contribution is 6.18. The lowest BCUT2D eigenvalue weighted by atomic mass is 10.5. The standard InChI is InChI=1S/C6H10ClO/c1-2-8-6-4-3-5-7/h3-4H,1-2,5-6H2/b4-3+. The molecular weight excluding hydrogens is 124 g/mol. The zero-order chi connectivity index (χ0) is 6.24. The second-order valence-electron chi connectivity index (χ2n) is 1.20. The van der Waals surface area contributed by atoms with Crippen molar-refractivity contribution in [2.75, 3.05) is 19.1 Å². The summed E-state index contributed by atoms with van der Waals surface area (Å²) in [6, 6.07) is 0. The van der Waals surface area contributed by atoms with Crippen LogP contribution in [0.4, 0.5) is 0 Å². The number of ether oxygens (including phenoxy) is 1. The van der Waals surface area contributed by atoms with Gasteiger partial charge < -0.3 is 4.74 Å². The van der Waals surface area contributed by atoms with Crippen molar-refractivity contribution in [3.05, 3.63) is 19.1 Å². The molecule has 0 aromatic heterocycles. The van der Waals surface area contributed by atoms with Crippen molar-refractivity contribution in [1.29, 1.82) is 0 Å². The van der Waals surface area contributed by atoms with Crippen LogP contribution in [0.3, 0.4) is 0 Å². The lowest BCUT2D eigenvalue weighted by molar-refractivity contribution is 0.192. The van der Waals surface area contributed by atoms with E-state index in [2.05, 4.69) is 6.92 Å². The van der Waals surface area contributed by atoms with E-state index in [0.717, 1.165) is 0 Å². The van der Waals surface area contributed by atoms with E-state index in [0.29, 0.717) is 19.1 Å². The quantitative estimate of drug-likeness (QED) is 0.322. The van der Waals surface area contributed by atoms with Gasteiger partial charge in [-0.05, 0) is 6.92 Å². The summed E-state index contributed by atoms with van der Waals surface area (Å²) in [5.74, 6) is 0.556. The molecule has 2 heteroatoms. The van der Waals surface area contributed by atoms with Crippen LogP contribution >= 0.6 is 11.6 Å². The van der Waals surface area contributed by atoms with Gasteiger partial charge in [-0.25, -0.2) is 0 Å².